The van der Waals surface area contributed by atoms with Gasteiger partial charge in [0.05, 0.1) is 6.54 Å². The summed E-state index contributed by atoms with van der Waals surface area (Å²) in [4.78, 5) is 13.8. The third kappa shape index (κ3) is 4.10. The van der Waals surface area contributed by atoms with Gasteiger partial charge < -0.3 is 11.1 Å². The van der Waals surface area contributed by atoms with Crippen molar-refractivity contribution in [2.75, 3.05) is 26.2 Å². The summed E-state index contributed by atoms with van der Waals surface area (Å²) < 4.78 is 0. The fourth-order valence-corrected chi connectivity index (χ4v) is 2.25. The lowest BCUT2D eigenvalue weighted by Crippen LogP contribution is -2.47. The Morgan fingerprint density at radius 1 is 1.56 bits per heavy atom. The second-order valence-electron chi connectivity index (χ2n) is 5.22. The third-order valence-electron chi connectivity index (χ3n) is 3.32. The van der Waals surface area contributed by atoms with Gasteiger partial charge >= 0.3 is 0 Å². The smallest absolute Gasteiger partial charge is 0.234 e. The van der Waals surface area contributed by atoms with Gasteiger partial charge in [-0.2, -0.15) is 0 Å². The molecule has 0 aromatic carbocycles. The van der Waals surface area contributed by atoms with E-state index in [1.54, 1.807) is 0 Å². The first-order valence-corrected chi connectivity index (χ1v) is 6.24. The number of carbonyl (C=O) groups excluding carboxylic acids is 1. The van der Waals surface area contributed by atoms with Crippen LogP contribution in [-0.2, 0) is 4.79 Å². The monoisotopic (exact) mass is 227 g/mol. The highest BCUT2D eigenvalue weighted by Gasteiger charge is 2.26. The van der Waals surface area contributed by atoms with E-state index < -0.39 is 0 Å². The molecule has 3 N–H and O–H groups in total. The fourth-order valence-electron chi connectivity index (χ4n) is 2.25. The second-order valence-corrected chi connectivity index (χ2v) is 5.22. The van der Waals surface area contributed by atoms with E-state index in [9.17, 15) is 4.79 Å². The molecule has 0 spiro atoms. The van der Waals surface area contributed by atoms with E-state index in [4.69, 9.17) is 5.73 Å². The van der Waals surface area contributed by atoms with Gasteiger partial charge in [-0.1, -0.05) is 6.92 Å². The summed E-state index contributed by atoms with van der Waals surface area (Å²) in [6.07, 6.45) is 1.15. The minimum Gasteiger partial charge on any atom is -0.353 e. The number of likely N-dealkylation sites (tertiary alicyclic amines) is 1. The number of nitrogens with two attached hydrogens (primary N) is 1. The van der Waals surface area contributed by atoms with Gasteiger partial charge in [0.15, 0.2) is 0 Å². The Morgan fingerprint density at radius 3 is 2.81 bits per heavy atom. The van der Waals surface area contributed by atoms with Gasteiger partial charge in [-0.05, 0) is 45.2 Å². The van der Waals surface area contributed by atoms with Crippen LogP contribution < -0.4 is 11.1 Å². The Morgan fingerprint density at radius 2 is 2.25 bits per heavy atom. The molecule has 1 fully saturated rings. The molecule has 2 atom stereocenters. The Kier molecular flexibility index (Phi) is 5.22. The van der Waals surface area contributed by atoms with E-state index in [1.807, 2.05) is 13.8 Å². The van der Waals surface area contributed by atoms with Crippen molar-refractivity contribution >= 4 is 5.91 Å². The van der Waals surface area contributed by atoms with Crippen molar-refractivity contribution in [3.05, 3.63) is 0 Å². The summed E-state index contributed by atoms with van der Waals surface area (Å²) in [5, 5.41) is 2.92. The number of piperidine rings is 1. The molecule has 0 saturated carbocycles. The number of amides is 1. The van der Waals surface area contributed by atoms with Crippen LogP contribution >= 0.6 is 0 Å². The van der Waals surface area contributed by atoms with Gasteiger partial charge in [-0.25, -0.2) is 0 Å². The van der Waals surface area contributed by atoms with Crippen molar-refractivity contribution in [2.45, 2.75) is 33.2 Å². The van der Waals surface area contributed by atoms with Crippen LogP contribution in [0.3, 0.4) is 0 Å². The van der Waals surface area contributed by atoms with E-state index in [-0.39, 0.29) is 11.9 Å². The zero-order valence-corrected chi connectivity index (χ0v) is 10.7. The lowest BCUT2D eigenvalue weighted by Gasteiger charge is -2.36. The summed E-state index contributed by atoms with van der Waals surface area (Å²) in [6.45, 7) is 9.44. The molecule has 1 saturated heterocycles. The SMILES string of the molecule is CC(C)NC(=O)CN1CCC(C)C(CN)C1. The van der Waals surface area contributed by atoms with Crippen LogP contribution in [0.1, 0.15) is 27.2 Å². The van der Waals surface area contributed by atoms with Crippen LogP contribution in [-0.4, -0.2) is 43.0 Å². The predicted molar refractivity (Wildman–Crippen MR) is 66.0 cm³/mol. The van der Waals surface area contributed by atoms with Gasteiger partial charge in [0.25, 0.3) is 0 Å². The van der Waals surface area contributed by atoms with Crippen molar-refractivity contribution < 1.29 is 4.79 Å². The highest BCUT2D eigenvalue weighted by molar-refractivity contribution is 5.78. The van der Waals surface area contributed by atoms with Gasteiger partial charge in [0.1, 0.15) is 0 Å². The molecule has 94 valence electrons. The lowest BCUT2D eigenvalue weighted by molar-refractivity contribution is -0.123. The summed E-state index contributed by atoms with van der Waals surface area (Å²) in [7, 11) is 0. The molecule has 0 aliphatic carbocycles. The third-order valence-corrected chi connectivity index (χ3v) is 3.32. The van der Waals surface area contributed by atoms with Crippen LogP contribution in [0.5, 0.6) is 0 Å². The highest BCUT2D eigenvalue weighted by atomic mass is 16.2. The Bertz CT molecular complexity index is 230. The number of hydrogen-bond donors (Lipinski definition) is 2. The van der Waals surface area contributed by atoms with Crippen molar-refractivity contribution in [1.29, 1.82) is 0 Å². The average molecular weight is 227 g/mol. The topological polar surface area (TPSA) is 58.4 Å². The zero-order valence-electron chi connectivity index (χ0n) is 10.7. The maximum absolute atomic E-state index is 11.6. The molecule has 2 unspecified atom stereocenters. The van der Waals surface area contributed by atoms with Gasteiger partial charge in [-0.3, -0.25) is 9.69 Å². The summed E-state index contributed by atoms with van der Waals surface area (Å²) >= 11 is 0. The number of carbonyl (C=O) groups is 1. The van der Waals surface area contributed by atoms with Gasteiger partial charge in [-0.15, -0.1) is 0 Å². The molecule has 1 amide bonds. The maximum atomic E-state index is 11.6. The fraction of sp³-hybridized carbons (Fsp3) is 0.917. The number of nitrogens with zero attached hydrogens (tertiary/aromatic N) is 1. The minimum absolute atomic E-state index is 0.125. The number of rotatable bonds is 4. The summed E-state index contributed by atoms with van der Waals surface area (Å²) in [5.74, 6) is 1.36. The van der Waals surface area contributed by atoms with E-state index in [0.29, 0.717) is 18.4 Å². The van der Waals surface area contributed by atoms with Crippen LogP contribution in [0.15, 0.2) is 0 Å². The molecule has 0 aromatic rings. The molecule has 0 radical (unpaired) electrons. The first-order chi connectivity index (χ1) is 7.52. The first-order valence-electron chi connectivity index (χ1n) is 6.24. The van der Waals surface area contributed by atoms with Crippen molar-refractivity contribution in [2.24, 2.45) is 17.6 Å². The minimum atomic E-state index is 0.125. The van der Waals surface area contributed by atoms with E-state index in [0.717, 1.165) is 26.1 Å². The van der Waals surface area contributed by atoms with Gasteiger partial charge in [0, 0.05) is 12.6 Å². The maximum Gasteiger partial charge on any atom is 0.234 e. The quantitative estimate of drug-likeness (QED) is 0.732. The molecule has 0 aromatic heterocycles. The largest absolute Gasteiger partial charge is 0.353 e. The molecule has 1 aliphatic heterocycles. The molecule has 4 heteroatoms. The normalized spacial score (nSPS) is 27.1. The highest BCUT2D eigenvalue weighted by Crippen LogP contribution is 2.21. The van der Waals surface area contributed by atoms with Gasteiger partial charge in [0.2, 0.25) is 5.91 Å². The molecular weight excluding hydrogens is 202 g/mol. The number of hydrogen-bond acceptors (Lipinski definition) is 3. The second kappa shape index (κ2) is 6.21. The number of nitrogens with one attached hydrogen (secondary N) is 1. The van der Waals surface area contributed by atoms with Crippen LogP contribution in [0.25, 0.3) is 0 Å². The Balaban J connectivity index is 2.35. The standard InChI is InChI=1S/C12H25N3O/c1-9(2)14-12(16)8-15-5-4-10(3)11(6-13)7-15/h9-11H,4-8,13H2,1-3H3,(H,14,16). The molecule has 4 nitrogen and oxygen atoms in total. The lowest BCUT2D eigenvalue weighted by atomic mass is 9.87. The Hall–Kier alpha value is -0.610. The van der Waals surface area contributed by atoms with Crippen molar-refractivity contribution in [1.82, 2.24) is 10.2 Å². The van der Waals surface area contributed by atoms with Crippen LogP contribution in [0.2, 0.25) is 0 Å². The molecule has 16 heavy (non-hydrogen) atoms. The molecule has 1 aliphatic rings. The van der Waals surface area contributed by atoms with Crippen molar-refractivity contribution in [3.8, 4) is 0 Å². The van der Waals surface area contributed by atoms with Crippen LogP contribution in [0.4, 0.5) is 0 Å². The van der Waals surface area contributed by atoms with E-state index >= 15 is 0 Å². The van der Waals surface area contributed by atoms with E-state index in [1.165, 1.54) is 0 Å². The van der Waals surface area contributed by atoms with Crippen LogP contribution in [0, 0.1) is 11.8 Å². The first kappa shape index (κ1) is 13.5. The molecule has 1 rings (SSSR count). The zero-order chi connectivity index (χ0) is 12.1. The average Bonchev–Trinajstić information content (AvgIpc) is 2.19. The molecule has 1 heterocycles. The summed E-state index contributed by atoms with van der Waals surface area (Å²) in [5.41, 5.74) is 5.74. The van der Waals surface area contributed by atoms with Crippen molar-refractivity contribution in [3.63, 3.8) is 0 Å². The Labute approximate surface area is 98.6 Å². The molecule has 0 bridgehead atoms. The van der Waals surface area contributed by atoms with E-state index in [2.05, 4.69) is 17.1 Å². The summed E-state index contributed by atoms with van der Waals surface area (Å²) in [6, 6.07) is 0.224. The molecular formula is C12H25N3O. The predicted octanol–water partition coefficient (Wildman–Crippen LogP) is 0.428.